The van der Waals surface area contributed by atoms with Crippen molar-refractivity contribution in [1.29, 1.82) is 0 Å². The van der Waals surface area contributed by atoms with Crippen LogP contribution < -0.4 is 5.32 Å². The van der Waals surface area contributed by atoms with Crippen LogP contribution in [0, 0.1) is 5.92 Å². The molecule has 0 radical (unpaired) electrons. The van der Waals surface area contributed by atoms with Crippen molar-refractivity contribution in [2.75, 3.05) is 51.9 Å². The molecule has 5 heteroatoms. The predicted octanol–water partition coefficient (Wildman–Crippen LogP) is 1.62. The molecule has 0 saturated carbocycles. The number of hydrogen-bond donors (Lipinski definition) is 2. The lowest BCUT2D eigenvalue weighted by Crippen LogP contribution is -2.47. The van der Waals surface area contributed by atoms with Crippen LogP contribution in [0.5, 0.6) is 0 Å². The summed E-state index contributed by atoms with van der Waals surface area (Å²) < 4.78 is 11.4. The molecule has 0 aliphatic carbocycles. The lowest BCUT2D eigenvalue weighted by molar-refractivity contribution is -0.0344. The first-order valence-electron chi connectivity index (χ1n) is 7.45. The Morgan fingerprint density at radius 2 is 2.26 bits per heavy atom. The zero-order chi connectivity index (χ0) is 13.9. The second-order valence-electron chi connectivity index (χ2n) is 5.55. The van der Waals surface area contributed by atoms with Crippen molar-refractivity contribution >= 4 is 12.6 Å². The van der Waals surface area contributed by atoms with Crippen molar-refractivity contribution < 1.29 is 9.47 Å². The maximum absolute atomic E-state index is 5.70. The van der Waals surface area contributed by atoms with Gasteiger partial charge in [-0.2, -0.15) is 12.6 Å². The van der Waals surface area contributed by atoms with Gasteiger partial charge in [0.15, 0.2) is 0 Å². The summed E-state index contributed by atoms with van der Waals surface area (Å²) in [6.45, 7) is 11.0. The van der Waals surface area contributed by atoms with Gasteiger partial charge in [-0.3, -0.25) is 4.90 Å². The minimum Gasteiger partial charge on any atom is -0.380 e. The Balaban J connectivity index is 1.99. The number of nitrogens with zero attached hydrogens (tertiary/aromatic N) is 1. The first kappa shape index (κ1) is 17.2. The third-order valence-electron chi connectivity index (χ3n) is 3.33. The van der Waals surface area contributed by atoms with E-state index in [9.17, 15) is 0 Å². The third-order valence-corrected chi connectivity index (χ3v) is 3.55. The van der Waals surface area contributed by atoms with Gasteiger partial charge in [0, 0.05) is 38.7 Å². The lowest BCUT2D eigenvalue weighted by Gasteiger charge is -2.32. The second kappa shape index (κ2) is 10.9. The molecule has 1 saturated heterocycles. The topological polar surface area (TPSA) is 33.7 Å². The highest BCUT2D eigenvalue weighted by atomic mass is 32.1. The molecule has 1 rings (SSSR count). The van der Waals surface area contributed by atoms with Crippen LogP contribution in [0.4, 0.5) is 0 Å². The largest absolute Gasteiger partial charge is 0.380 e. The highest BCUT2D eigenvalue weighted by molar-refractivity contribution is 7.80. The Labute approximate surface area is 123 Å². The van der Waals surface area contributed by atoms with E-state index in [2.05, 4.69) is 36.7 Å². The first-order valence-corrected chi connectivity index (χ1v) is 8.09. The fourth-order valence-corrected chi connectivity index (χ4v) is 2.35. The summed E-state index contributed by atoms with van der Waals surface area (Å²) in [4.78, 5) is 2.43. The molecule has 0 aromatic rings. The van der Waals surface area contributed by atoms with Crippen molar-refractivity contribution in [3.8, 4) is 0 Å². The van der Waals surface area contributed by atoms with E-state index in [1.807, 2.05) is 0 Å². The van der Waals surface area contributed by atoms with E-state index in [0.717, 1.165) is 51.9 Å². The van der Waals surface area contributed by atoms with Gasteiger partial charge in [0.2, 0.25) is 0 Å². The minimum absolute atomic E-state index is 0.293. The predicted molar refractivity (Wildman–Crippen MR) is 82.9 cm³/mol. The molecule has 0 aromatic heterocycles. The number of morpholine rings is 1. The summed E-state index contributed by atoms with van der Waals surface area (Å²) in [5.41, 5.74) is 0. The first-order chi connectivity index (χ1) is 9.22. The molecule has 1 aliphatic heterocycles. The van der Waals surface area contributed by atoms with Gasteiger partial charge in [-0.1, -0.05) is 13.8 Å². The summed E-state index contributed by atoms with van der Waals surface area (Å²) in [5.74, 6) is 1.49. The third kappa shape index (κ3) is 8.87. The van der Waals surface area contributed by atoms with E-state index in [1.54, 1.807) is 0 Å². The van der Waals surface area contributed by atoms with Crippen molar-refractivity contribution in [1.82, 2.24) is 10.2 Å². The molecule has 19 heavy (non-hydrogen) atoms. The molecule has 1 N–H and O–H groups in total. The van der Waals surface area contributed by atoms with Crippen LogP contribution in [0.15, 0.2) is 0 Å². The molecular formula is C14H30N2O2S. The maximum Gasteiger partial charge on any atom is 0.0827 e. The Kier molecular flexibility index (Phi) is 9.91. The highest BCUT2D eigenvalue weighted by Gasteiger charge is 2.19. The molecule has 0 aromatic carbocycles. The smallest absolute Gasteiger partial charge is 0.0827 e. The van der Waals surface area contributed by atoms with E-state index in [1.165, 1.54) is 12.8 Å². The molecule has 0 unspecified atom stereocenters. The van der Waals surface area contributed by atoms with Crippen LogP contribution >= 0.6 is 12.6 Å². The SMILES string of the molecule is CC(C)CCCOCCN1CCO[C@@H](CNCS)C1. The van der Waals surface area contributed by atoms with Gasteiger partial charge in [0.1, 0.15) is 0 Å². The molecule has 1 fully saturated rings. The highest BCUT2D eigenvalue weighted by Crippen LogP contribution is 2.05. The van der Waals surface area contributed by atoms with Gasteiger partial charge in [0.05, 0.1) is 19.3 Å². The summed E-state index contributed by atoms with van der Waals surface area (Å²) in [7, 11) is 0. The molecule has 114 valence electrons. The fourth-order valence-electron chi connectivity index (χ4n) is 2.22. The van der Waals surface area contributed by atoms with E-state index in [-0.39, 0.29) is 0 Å². The van der Waals surface area contributed by atoms with Crippen LogP contribution in [0.3, 0.4) is 0 Å². The Morgan fingerprint density at radius 1 is 1.42 bits per heavy atom. The van der Waals surface area contributed by atoms with E-state index in [0.29, 0.717) is 12.0 Å². The van der Waals surface area contributed by atoms with Crippen LogP contribution in [0.1, 0.15) is 26.7 Å². The van der Waals surface area contributed by atoms with Gasteiger partial charge < -0.3 is 14.8 Å². The standard InChI is InChI=1S/C14H30N2O2S/c1-13(2)4-3-7-17-8-5-16-6-9-18-14(11-16)10-15-12-19/h13-15,19H,3-12H2,1-2H3/t14-/m0/s1. The zero-order valence-corrected chi connectivity index (χ0v) is 13.3. The molecule has 1 aliphatic rings. The number of rotatable bonds is 10. The number of ether oxygens (including phenoxy) is 2. The van der Waals surface area contributed by atoms with E-state index >= 15 is 0 Å². The van der Waals surface area contributed by atoms with E-state index < -0.39 is 0 Å². The molecule has 0 spiro atoms. The molecule has 0 amide bonds. The molecular weight excluding hydrogens is 260 g/mol. The van der Waals surface area contributed by atoms with Crippen molar-refractivity contribution in [2.24, 2.45) is 5.92 Å². The fraction of sp³-hybridized carbons (Fsp3) is 1.00. The quantitative estimate of drug-likeness (QED) is 0.364. The summed E-state index contributed by atoms with van der Waals surface area (Å²) in [6, 6.07) is 0. The Morgan fingerprint density at radius 3 is 3.00 bits per heavy atom. The number of hydrogen-bond acceptors (Lipinski definition) is 5. The second-order valence-corrected chi connectivity index (χ2v) is 5.87. The van der Waals surface area contributed by atoms with E-state index in [4.69, 9.17) is 9.47 Å². The summed E-state index contributed by atoms with van der Waals surface area (Å²) in [5, 5.41) is 3.21. The summed E-state index contributed by atoms with van der Waals surface area (Å²) in [6.07, 6.45) is 2.73. The monoisotopic (exact) mass is 290 g/mol. The van der Waals surface area contributed by atoms with Crippen molar-refractivity contribution in [2.45, 2.75) is 32.8 Å². The van der Waals surface area contributed by atoms with Crippen LogP contribution in [0.2, 0.25) is 0 Å². The summed E-state index contributed by atoms with van der Waals surface area (Å²) >= 11 is 4.15. The van der Waals surface area contributed by atoms with Crippen molar-refractivity contribution in [3.63, 3.8) is 0 Å². The van der Waals surface area contributed by atoms with Gasteiger partial charge in [-0.05, 0) is 18.8 Å². The molecule has 0 bridgehead atoms. The Hall–Kier alpha value is 0.190. The van der Waals surface area contributed by atoms with Gasteiger partial charge in [-0.15, -0.1) is 0 Å². The average Bonchev–Trinajstić information content (AvgIpc) is 2.40. The van der Waals surface area contributed by atoms with Crippen LogP contribution in [0.25, 0.3) is 0 Å². The lowest BCUT2D eigenvalue weighted by atomic mass is 10.1. The normalized spacial score (nSPS) is 21.2. The minimum atomic E-state index is 0.293. The number of nitrogens with one attached hydrogen (secondary N) is 1. The van der Waals surface area contributed by atoms with Crippen LogP contribution in [-0.2, 0) is 9.47 Å². The zero-order valence-electron chi connectivity index (χ0n) is 12.4. The maximum atomic E-state index is 5.70. The van der Waals surface area contributed by atoms with Gasteiger partial charge >= 0.3 is 0 Å². The molecule has 1 atom stereocenters. The van der Waals surface area contributed by atoms with Gasteiger partial charge in [-0.25, -0.2) is 0 Å². The van der Waals surface area contributed by atoms with Gasteiger partial charge in [0.25, 0.3) is 0 Å². The Bertz CT molecular complexity index is 218. The van der Waals surface area contributed by atoms with Crippen molar-refractivity contribution in [3.05, 3.63) is 0 Å². The molecule has 1 heterocycles. The average molecular weight is 290 g/mol. The molecule has 4 nitrogen and oxygen atoms in total. The van der Waals surface area contributed by atoms with Crippen LogP contribution in [-0.4, -0.2) is 62.9 Å². The number of thiol groups is 1.